The van der Waals surface area contributed by atoms with Crippen molar-refractivity contribution in [2.75, 3.05) is 19.7 Å². The Kier molecular flexibility index (Phi) is 4.17. The van der Waals surface area contributed by atoms with E-state index in [4.69, 9.17) is 23.2 Å². The molecule has 0 spiro atoms. The molecule has 6 heteroatoms. The summed E-state index contributed by atoms with van der Waals surface area (Å²) in [4.78, 5) is 6.90. The number of aromatic nitrogens is 2. The number of hydrogen-bond acceptors (Lipinski definition) is 3. The normalized spacial score (nSPS) is 20.6. The molecule has 2 aromatic heterocycles. The molecule has 2 aromatic rings. The quantitative estimate of drug-likeness (QED) is 0.947. The number of hydrogen-bond donors (Lipinski definition) is 1. The van der Waals surface area contributed by atoms with E-state index in [2.05, 4.69) is 9.88 Å². The number of aliphatic hydroxyl groups is 1. The molecule has 1 unspecified atom stereocenters. The second kappa shape index (κ2) is 5.90. The summed E-state index contributed by atoms with van der Waals surface area (Å²) in [5.41, 5.74) is 1.72. The van der Waals surface area contributed by atoms with Crippen LogP contribution in [-0.2, 0) is 6.54 Å². The zero-order valence-corrected chi connectivity index (χ0v) is 12.6. The van der Waals surface area contributed by atoms with E-state index in [-0.39, 0.29) is 6.61 Å². The van der Waals surface area contributed by atoms with Crippen molar-refractivity contribution in [3.05, 3.63) is 34.2 Å². The molecule has 0 amide bonds. The first-order chi connectivity index (χ1) is 9.65. The zero-order chi connectivity index (χ0) is 14.1. The Morgan fingerprint density at radius 2 is 2.20 bits per heavy atom. The van der Waals surface area contributed by atoms with Crippen LogP contribution in [-0.4, -0.2) is 39.1 Å². The first-order valence-electron chi connectivity index (χ1n) is 6.81. The van der Waals surface area contributed by atoms with Crippen LogP contribution in [0.1, 0.15) is 18.5 Å². The molecule has 1 aliphatic heterocycles. The van der Waals surface area contributed by atoms with Crippen LogP contribution in [0.2, 0.25) is 10.0 Å². The van der Waals surface area contributed by atoms with Gasteiger partial charge in [-0.1, -0.05) is 23.2 Å². The molecule has 0 radical (unpaired) electrons. The lowest BCUT2D eigenvalue weighted by Crippen LogP contribution is -2.36. The number of rotatable bonds is 3. The number of fused-ring (bicyclic) bond motifs is 1. The number of piperidine rings is 1. The Labute approximate surface area is 127 Å². The van der Waals surface area contributed by atoms with Gasteiger partial charge in [-0.05, 0) is 31.4 Å². The van der Waals surface area contributed by atoms with Gasteiger partial charge in [0.05, 0.1) is 15.7 Å². The molecule has 1 N–H and O–H groups in total. The Bertz CT molecular complexity index is 614. The van der Waals surface area contributed by atoms with E-state index in [9.17, 15) is 5.11 Å². The summed E-state index contributed by atoms with van der Waals surface area (Å²) < 4.78 is 1.87. The van der Waals surface area contributed by atoms with Crippen molar-refractivity contribution in [1.29, 1.82) is 0 Å². The molecule has 3 rings (SSSR count). The van der Waals surface area contributed by atoms with Gasteiger partial charge in [-0.25, -0.2) is 4.98 Å². The molecular formula is C14H17Cl2N3O. The maximum Gasteiger partial charge on any atom is 0.156 e. The average molecular weight is 314 g/mol. The average Bonchev–Trinajstić information content (AvgIpc) is 2.81. The Morgan fingerprint density at radius 1 is 1.35 bits per heavy atom. The lowest BCUT2D eigenvalue weighted by Gasteiger charge is -2.31. The monoisotopic (exact) mass is 313 g/mol. The number of halogens is 2. The Hall–Kier alpha value is -0.810. The third-order valence-corrected chi connectivity index (χ3v) is 4.25. The molecule has 1 fully saturated rings. The third-order valence-electron chi connectivity index (χ3n) is 3.77. The summed E-state index contributed by atoms with van der Waals surface area (Å²) in [5, 5.41) is 10.4. The van der Waals surface area contributed by atoms with Gasteiger partial charge in [-0.15, -0.1) is 0 Å². The van der Waals surface area contributed by atoms with Crippen molar-refractivity contribution in [2.45, 2.75) is 19.4 Å². The lowest BCUT2D eigenvalue weighted by atomic mass is 9.99. The van der Waals surface area contributed by atoms with Crippen LogP contribution in [0.15, 0.2) is 18.5 Å². The van der Waals surface area contributed by atoms with Crippen LogP contribution in [0.25, 0.3) is 5.65 Å². The summed E-state index contributed by atoms with van der Waals surface area (Å²) in [5.74, 6) is 0.388. The van der Waals surface area contributed by atoms with Crippen LogP contribution < -0.4 is 0 Å². The molecule has 0 bridgehead atoms. The van der Waals surface area contributed by atoms with E-state index >= 15 is 0 Å². The SMILES string of the molecule is OCC1CCCN(Cc2cn3cc(Cl)cc(Cl)c3n2)C1. The second-order valence-electron chi connectivity index (χ2n) is 5.40. The van der Waals surface area contributed by atoms with Crippen molar-refractivity contribution in [3.63, 3.8) is 0 Å². The predicted octanol–water partition coefficient (Wildman–Crippen LogP) is 2.85. The minimum atomic E-state index is 0.267. The van der Waals surface area contributed by atoms with Crippen molar-refractivity contribution in [3.8, 4) is 0 Å². The molecule has 3 heterocycles. The predicted molar refractivity (Wildman–Crippen MR) is 80.3 cm³/mol. The fraction of sp³-hybridized carbons (Fsp3) is 0.500. The molecule has 108 valence electrons. The molecule has 4 nitrogen and oxygen atoms in total. The standard InChI is InChI=1S/C14H17Cl2N3O/c15-11-4-13(16)14-17-12(8-19(14)6-11)7-18-3-1-2-10(5-18)9-20/h4,6,8,10,20H,1-3,5,7,9H2. The molecule has 20 heavy (non-hydrogen) atoms. The van der Waals surface area contributed by atoms with Gasteiger partial charge in [0.1, 0.15) is 0 Å². The molecule has 1 saturated heterocycles. The highest BCUT2D eigenvalue weighted by molar-refractivity contribution is 6.36. The minimum absolute atomic E-state index is 0.267. The Balaban J connectivity index is 1.79. The fourth-order valence-electron chi connectivity index (χ4n) is 2.82. The molecular weight excluding hydrogens is 297 g/mol. The minimum Gasteiger partial charge on any atom is -0.396 e. The maximum absolute atomic E-state index is 9.28. The van der Waals surface area contributed by atoms with Gasteiger partial charge < -0.3 is 9.51 Å². The molecule has 1 atom stereocenters. The van der Waals surface area contributed by atoms with E-state index in [1.165, 1.54) is 0 Å². The third kappa shape index (κ3) is 2.93. The van der Waals surface area contributed by atoms with E-state index in [1.807, 2.05) is 16.8 Å². The van der Waals surface area contributed by atoms with E-state index in [1.54, 1.807) is 6.07 Å². The zero-order valence-electron chi connectivity index (χ0n) is 11.1. The second-order valence-corrected chi connectivity index (χ2v) is 6.24. The van der Waals surface area contributed by atoms with Crippen molar-refractivity contribution in [1.82, 2.24) is 14.3 Å². The summed E-state index contributed by atoms with van der Waals surface area (Å²) >= 11 is 12.1. The van der Waals surface area contributed by atoms with Gasteiger partial charge in [-0.3, -0.25) is 4.90 Å². The summed E-state index contributed by atoms with van der Waals surface area (Å²) in [6.07, 6.45) is 6.02. The van der Waals surface area contributed by atoms with Gasteiger partial charge in [0.15, 0.2) is 5.65 Å². The van der Waals surface area contributed by atoms with Gasteiger partial charge in [-0.2, -0.15) is 0 Å². The fourth-order valence-corrected chi connectivity index (χ4v) is 3.35. The topological polar surface area (TPSA) is 40.8 Å². The van der Waals surface area contributed by atoms with Gasteiger partial charge in [0.25, 0.3) is 0 Å². The number of likely N-dealkylation sites (tertiary alicyclic amines) is 1. The number of pyridine rings is 1. The first-order valence-corrected chi connectivity index (χ1v) is 7.57. The number of imidazole rings is 1. The van der Waals surface area contributed by atoms with Gasteiger partial charge >= 0.3 is 0 Å². The number of nitrogens with zero attached hydrogens (tertiary/aromatic N) is 3. The van der Waals surface area contributed by atoms with E-state index < -0.39 is 0 Å². The summed E-state index contributed by atoms with van der Waals surface area (Å²) in [7, 11) is 0. The van der Waals surface area contributed by atoms with Crippen molar-refractivity contribution < 1.29 is 5.11 Å². The highest BCUT2D eigenvalue weighted by atomic mass is 35.5. The van der Waals surface area contributed by atoms with Crippen molar-refractivity contribution >= 4 is 28.8 Å². The van der Waals surface area contributed by atoms with Gasteiger partial charge in [0, 0.05) is 32.1 Å². The lowest BCUT2D eigenvalue weighted by molar-refractivity contribution is 0.115. The summed E-state index contributed by atoms with van der Waals surface area (Å²) in [6.45, 7) is 3.03. The van der Waals surface area contributed by atoms with E-state index in [0.717, 1.165) is 43.8 Å². The van der Waals surface area contributed by atoms with Crippen LogP contribution in [0.5, 0.6) is 0 Å². The highest BCUT2D eigenvalue weighted by Crippen LogP contribution is 2.23. The highest BCUT2D eigenvalue weighted by Gasteiger charge is 2.20. The van der Waals surface area contributed by atoms with Crippen LogP contribution in [0.4, 0.5) is 0 Å². The number of aliphatic hydroxyl groups excluding tert-OH is 1. The van der Waals surface area contributed by atoms with Crippen LogP contribution in [0, 0.1) is 5.92 Å². The molecule has 0 aliphatic carbocycles. The van der Waals surface area contributed by atoms with Gasteiger partial charge in [0.2, 0.25) is 0 Å². The molecule has 1 aliphatic rings. The maximum atomic E-state index is 9.28. The molecule has 0 aromatic carbocycles. The van der Waals surface area contributed by atoms with Crippen LogP contribution >= 0.6 is 23.2 Å². The summed E-state index contributed by atoms with van der Waals surface area (Å²) in [6, 6.07) is 1.71. The smallest absolute Gasteiger partial charge is 0.156 e. The Morgan fingerprint density at radius 3 is 3.00 bits per heavy atom. The molecule has 0 saturated carbocycles. The largest absolute Gasteiger partial charge is 0.396 e. The van der Waals surface area contributed by atoms with Crippen molar-refractivity contribution in [2.24, 2.45) is 5.92 Å². The van der Waals surface area contributed by atoms with E-state index in [0.29, 0.717) is 16.0 Å². The first kappa shape index (κ1) is 14.1. The van der Waals surface area contributed by atoms with Crippen LogP contribution in [0.3, 0.4) is 0 Å².